The molecular formula is C18H20FN3O3. The number of rotatable bonds is 5. The summed E-state index contributed by atoms with van der Waals surface area (Å²) in [6, 6.07) is 11.3. The Bertz CT molecular complexity index is 761. The summed E-state index contributed by atoms with van der Waals surface area (Å²) in [5, 5.41) is 11.2. The summed E-state index contributed by atoms with van der Waals surface area (Å²) in [5.41, 5.74) is 1.58. The molecule has 1 heterocycles. The SMILES string of the molecule is COc1ccc(F)cc1CN1CCN(c2ccccc2[N+](=O)[O-])CC1. The summed E-state index contributed by atoms with van der Waals surface area (Å²) >= 11 is 0. The number of ether oxygens (including phenoxy) is 1. The first-order valence-electron chi connectivity index (χ1n) is 8.11. The first-order chi connectivity index (χ1) is 12.1. The molecule has 25 heavy (non-hydrogen) atoms. The van der Waals surface area contributed by atoms with Gasteiger partial charge in [-0.25, -0.2) is 4.39 Å². The van der Waals surface area contributed by atoms with Crippen molar-refractivity contribution in [2.75, 3.05) is 38.2 Å². The Balaban J connectivity index is 1.67. The van der Waals surface area contributed by atoms with E-state index in [9.17, 15) is 14.5 Å². The van der Waals surface area contributed by atoms with Crippen LogP contribution in [0.15, 0.2) is 42.5 Å². The number of hydrogen-bond donors (Lipinski definition) is 0. The van der Waals surface area contributed by atoms with Gasteiger partial charge in [0.1, 0.15) is 17.3 Å². The van der Waals surface area contributed by atoms with E-state index in [2.05, 4.69) is 4.90 Å². The number of piperazine rings is 1. The van der Waals surface area contributed by atoms with Gasteiger partial charge in [0, 0.05) is 44.4 Å². The molecule has 1 aliphatic heterocycles. The van der Waals surface area contributed by atoms with Gasteiger partial charge in [0.2, 0.25) is 0 Å². The van der Waals surface area contributed by atoms with Crippen molar-refractivity contribution in [3.63, 3.8) is 0 Å². The van der Waals surface area contributed by atoms with Crippen LogP contribution in [-0.4, -0.2) is 43.1 Å². The lowest BCUT2D eigenvalue weighted by molar-refractivity contribution is -0.384. The fourth-order valence-corrected chi connectivity index (χ4v) is 3.14. The first kappa shape index (κ1) is 17.2. The lowest BCUT2D eigenvalue weighted by Gasteiger charge is -2.36. The smallest absolute Gasteiger partial charge is 0.292 e. The van der Waals surface area contributed by atoms with E-state index in [-0.39, 0.29) is 16.4 Å². The predicted octanol–water partition coefficient (Wildman–Crippen LogP) is 3.06. The molecule has 0 atom stereocenters. The highest BCUT2D eigenvalue weighted by atomic mass is 19.1. The number of nitro benzene ring substituents is 1. The number of benzene rings is 2. The molecule has 0 spiro atoms. The molecular weight excluding hydrogens is 325 g/mol. The van der Waals surface area contributed by atoms with E-state index in [1.807, 2.05) is 11.0 Å². The average Bonchev–Trinajstić information content (AvgIpc) is 2.62. The quantitative estimate of drug-likeness (QED) is 0.616. The van der Waals surface area contributed by atoms with Crippen molar-refractivity contribution < 1.29 is 14.1 Å². The Hall–Kier alpha value is -2.67. The second-order valence-corrected chi connectivity index (χ2v) is 5.97. The van der Waals surface area contributed by atoms with Crippen LogP contribution in [0.3, 0.4) is 0 Å². The van der Waals surface area contributed by atoms with Gasteiger partial charge < -0.3 is 9.64 Å². The van der Waals surface area contributed by atoms with Gasteiger partial charge in [0.05, 0.1) is 12.0 Å². The molecule has 132 valence electrons. The van der Waals surface area contributed by atoms with Gasteiger partial charge in [-0.2, -0.15) is 0 Å². The second kappa shape index (κ2) is 7.48. The Kier molecular flexibility index (Phi) is 5.14. The zero-order valence-electron chi connectivity index (χ0n) is 14.0. The van der Waals surface area contributed by atoms with E-state index in [0.29, 0.717) is 31.1 Å². The molecule has 0 amide bonds. The number of methoxy groups -OCH3 is 1. The molecule has 0 aliphatic carbocycles. The van der Waals surface area contributed by atoms with Crippen LogP contribution in [0.25, 0.3) is 0 Å². The maximum atomic E-state index is 13.5. The number of hydrogen-bond acceptors (Lipinski definition) is 5. The molecule has 2 aromatic carbocycles. The average molecular weight is 345 g/mol. The van der Waals surface area contributed by atoms with Crippen LogP contribution in [-0.2, 0) is 6.54 Å². The zero-order chi connectivity index (χ0) is 17.8. The highest BCUT2D eigenvalue weighted by Gasteiger charge is 2.23. The van der Waals surface area contributed by atoms with E-state index >= 15 is 0 Å². The molecule has 2 aromatic rings. The van der Waals surface area contributed by atoms with E-state index in [1.54, 1.807) is 25.3 Å². The van der Waals surface area contributed by atoms with E-state index in [1.165, 1.54) is 18.2 Å². The second-order valence-electron chi connectivity index (χ2n) is 5.97. The van der Waals surface area contributed by atoms with Gasteiger partial charge in [-0.15, -0.1) is 0 Å². The highest BCUT2D eigenvalue weighted by molar-refractivity contribution is 5.63. The molecule has 0 bridgehead atoms. The predicted molar refractivity (Wildman–Crippen MR) is 93.5 cm³/mol. The zero-order valence-corrected chi connectivity index (χ0v) is 14.0. The Morgan fingerprint density at radius 1 is 1.16 bits per heavy atom. The van der Waals surface area contributed by atoms with Crippen molar-refractivity contribution in [3.8, 4) is 5.75 Å². The Morgan fingerprint density at radius 2 is 1.88 bits per heavy atom. The monoisotopic (exact) mass is 345 g/mol. The molecule has 1 aliphatic rings. The highest BCUT2D eigenvalue weighted by Crippen LogP contribution is 2.29. The van der Waals surface area contributed by atoms with Gasteiger partial charge in [0.15, 0.2) is 0 Å². The molecule has 0 saturated carbocycles. The minimum absolute atomic E-state index is 0.128. The number of anilines is 1. The van der Waals surface area contributed by atoms with Crippen LogP contribution < -0.4 is 9.64 Å². The molecule has 6 nitrogen and oxygen atoms in total. The van der Waals surface area contributed by atoms with Crippen LogP contribution in [0.2, 0.25) is 0 Å². The number of halogens is 1. The molecule has 1 fully saturated rings. The van der Waals surface area contributed by atoms with Gasteiger partial charge in [-0.1, -0.05) is 12.1 Å². The minimum atomic E-state index is -0.348. The summed E-state index contributed by atoms with van der Waals surface area (Å²) < 4.78 is 18.8. The number of para-hydroxylation sites is 2. The molecule has 0 N–H and O–H groups in total. The largest absolute Gasteiger partial charge is 0.496 e. The summed E-state index contributed by atoms with van der Waals surface area (Å²) in [7, 11) is 1.57. The fraction of sp³-hybridized carbons (Fsp3) is 0.333. The van der Waals surface area contributed by atoms with Gasteiger partial charge in [-0.3, -0.25) is 15.0 Å². The number of nitrogens with zero attached hydrogens (tertiary/aromatic N) is 3. The molecule has 3 rings (SSSR count). The van der Waals surface area contributed by atoms with Crippen molar-refractivity contribution in [1.29, 1.82) is 0 Å². The summed E-state index contributed by atoms with van der Waals surface area (Å²) in [5.74, 6) is 0.386. The first-order valence-corrected chi connectivity index (χ1v) is 8.11. The lowest BCUT2D eigenvalue weighted by atomic mass is 10.1. The van der Waals surface area contributed by atoms with Crippen LogP contribution >= 0.6 is 0 Å². The third kappa shape index (κ3) is 3.88. The maximum absolute atomic E-state index is 13.5. The van der Waals surface area contributed by atoms with Gasteiger partial charge in [0.25, 0.3) is 5.69 Å². The topological polar surface area (TPSA) is 58.8 Å². The third-order valence-electron chi connectivity index (χ3n) is 4.43. The van der Waals surface area contributed by atoms with Crippen LogP contribution in [0.1, 0.15) is 5.56 Å². The van der Waals surface area contributed by atoms with Crippen molar-refractivity contribution >= 4 is 11.4 Å². The van der Waals surface area contributed by atoms with Gasteiger partial charge >= 0.3 is 0 Å². The van der Waals surface area contributed by atoms with Crippen molar-refractivity contribution in [1.82, 2.24) is 4.90 Å². The number of nitro groups is 1. The third-order valence-corrected chi connectivity index (χ3v) is 4.43. The normalized spacial score (nSPS) is 15.2. The van der Waals surface area contributed by atoms with Crippen LogP contribution in [0.4, 0.5) is 15.8 Å². The molecule has 0 aromatic heterocycles. The molecule has 7 heteroatoms. The molecule has 0 unspecified atom stereocenters. The van der Waals surface area contributed by atoms with E-state index in [0.717, 1.165) is 18.7 Å². The Morgan fingerprint density at radius 3 is 2.56 bits per heavy atom. The van der Waals surface area contributed by atoms with Crippen LogP contribution in [0.5, 0.6) is 5.75 Å². The van der Waals surface area contributed by atoms with E-state index < -0.39 is 0 Å². The van der Waals surface area contributed by atoms with E-state index in [4.69, 9.17) is 4.74 Å². The molecule has 1 saturated heterocycles. The fourth-order valence-electron chi connectivity index (χ4n) is 3.14. The van der Waals surface area contributed by atoms with Crippen molar-refractivity contribution in [3.05, 3.63) is 64.0 Å². The van der Waals surface area contributed by atoms with Crippen LogP contribution in [0, 0.1) is 15.9 Å². The standard InChI is InChI=1S/C18H20FN3O3/c1-25-18-7-6-15(19)12-14(18)13-20-8-10-21(11-9-20)16-4-2-3-5-17(16)22(23)24/h2-7,12H,8-11,13H2,1H3. The van der Waals surface area contributed by atoms with Crippen molar-refractivity contribution in [2.24, 2.45) is 0 Å². The maximum Gasteiger partial charge on any atom is 0.292 e. The van der Waals surface area contributed by atoms with Crippen molar-refractivity contribution in [2.45, 2.75) is 6.54 Å². The Labute approximate surface area is 145 Å². The summed E-state index contributed by atoms with van der Waals surface area (Å²) in [4.78, 5) is 15.1. The molecule has 0 radical (unpaired) electrons. The summed E-state index contributed by atoms with van der Waals surface area (Å²) in [6.45, 7) is 3.44. The minimum Gasteiger partial charge on any atom is -0.496 e. The lowest BCUT2D eigenvalue weighted by Crippen LogP contribution is -2.46. The van der Waals surface area contributed by atoms with Gasteiger partial charge in [-0.05, 0) is 24.3 Å². The summed E-state index contributed by atoms with van der Waals surface area (Å²) in [6.07, 6.45) is 0.